The van der Waals surface area contributed by atoms with E-state index in [0.717, 1.165) is 19.0 Å². The van der Waals surface area contributed by atoms with Gasteiger partial charge in [0.2, 0.25) is 0 Å². The van der Waals surface area contributed by atoms with Crippen molar-refractivity contribution in [1.82, 2.24) is 10.6 Å². The minimum atomic E-state index is 0.660. The Labute approximate surface area is 116 Å². The van der Waals surface area contributed by atoms with Crippen LogP contribution in [0.5, 0.6) is 0 Å². The predicted octanol–water partition coefficient (Wildman–Crippen LogP) is 3.38. The fourth-order valence-corrected chi connectivity index (χ4v) is 3.89. The van der Waals surface area contributed by atoms with Gasteiger partial charge in [-0.15, -0.1) is 11.3 Å². The molecule has 2 N–H and O–H groups in total. The maximum absolute atomic E-state index is 3.61. The SMILES string of the molecule is CCC1CCNC(CNCc2sccc2Br)C1. The van der Waals surface area contributed by atoms with Crippen LogP contribution in [0.3, 0.4) is 0 Å². The molecule has 17 heavy (non-hydrogen) atoms. The van der Waals surface area contributed by atoms with Crippen LogP contribution in [0.2, 0.25) is 0 Å². The van der Waals surface area contributed by atoms with E-state index in [4.69, 9.17) is 0 Å². The highest BCUT2D eigenvalue weighted by atomic mass is 79.9. The van der Waals surface area contributed by atoms with E-state index in [2.05, 4.69) is 44.9 Å². The van der Waals surface area contributed by atoms with Crippen molar-refractivity contribution in [3.05, 3.63) is 20.8 Å². The van der Waals surface area contributed by atoms with Gasteiger partial charge in [-0.05, 0) is 52.7 Å². The molecule has 1 aliphatic rings. The van der Waals surface area contributed by atoms with Gasteiger partial charge in [0.1, 0.15) is 0 Å². The highest BCUT2D eigenvalue weighted by molar-refractivity contribution is 9.10. The van der Waals surface area contributed by atoms with Gasteiger partial charge < -0.3 is 10.6 Å². The fourth-order valence-electron chi connectivity index (χ4n) is 2.43. The molecule has 2 rings (SSSR count). The minimum Gasteiger partial charge on any atom is -0.313 e. The Kier molecular flexibility index (Phi) is 5.48. The zero-order valence-electron chi connectivity index (χ0n) is 10.3. The van der Waals surface area contributed by atoms with Gasteiger partial charge in [-0.25, -0.2) is 0 Å². The average Bonchev–Trinajstić information content (AvgIpc) is 2.76. The topological polar surface area (TPSA) is 24.1 Å². The lowest BCUT2D eigenvalue weighted by molar-refractivity contribution is 0.288. The number of rotatable bonds is 5. The van der Waals surface area contributed by atoms with Crippen molar-refractivity contribution in [2.75, 3.05) is 13.1 Å². The summed E-state index contributed by atoms with van der Waals surface area (Å²) in [6.07, 6.45) is 4.01. The minimum absolute atomic E-state index is 0.660. The van der Waals surface area contributed by atoms with Crippen molar-refractivity contribution in [3.63, 3.8) is 0 Å². The summed E-state index contributed by atoms with van der Waals surface area (Å²) in [5, 5.41) is 9.30. The van der Waals surface area contributed by atoms with Crippen LogP contribution in [0.25, 0.3) is 0 Å². The van der Waals surface area contributed by atoms with Crippen LogP contribution in [0.1, 0.15) is 31.1 Å². The van der Waals surface area contributed by atoms with Crippen LogP contribution in [0.15, 0.2) is 15.9 Å². The molecule has 4 heteroatoms. The molecular formula is C13H21BrN2S. The van der Waals surface area contributed by atoms with Gasteiger partial charge >= 0.3 is 0 Å². The van der Waals surface area contributed by atoms with Gasteiger partial charge in [-0.3, -0.25) is 0 Å². The van der Waals surface area contributed by atoms with E-state index in [-0.39, 0.29) is 0 Å². The maximum Gasteiger partial charge on any atom is 0.0327 e. The zero-order chi connectivity index (χ0) is 12.1. The lowest BCUT2D eigenvalue weighted by Crippen LogP contribution is -2.44. The number of nitrogens with one attached hydrogen (secondary N) is 2. The summed E-state index contributed by atoms with van der Waals surface area (Å²) >= 11 is 5.38. The Hall–Kier alpha value is 0.100. The van der Waals surface area contributed by atoms with E-state index in [9.17, 15) is 0 Å². The Bertz CT molecular complexity index is 340. The largest absolute Gasteiger partial charge is 0.313 e. The summed E-state index contributed by atoms with van der Waals surface area (Å²) in [6, 6.07) is 2.78. The van der Waals surface area contributed by atoms with Gasteiger partial charge in [0.25, 0.3) is 0 Å². The van der Waals surface area contributed by atoms with E-state index in [1.807, 2.05) is 11.3 Å². The van der Waals surface area contributed by atoms with Crippen LogP contribution < -0.4 is 10.6 Å². The highest BCUT2D eigenvalue weighted by Crippen LogP contribution is 2.22. The van der Waals surface area contributed by atoms with Gasteiger partial charge in [-0.1, -0.05) is 13.3 Å². The van der Waals surface area contributed by atoms with Crippen LogP contribution in [0.4, 0.5) is 0 Å². The Morgan fingerprint density at radius 3 is 3.18 bits per heavy atom. The van der Waals surface area contributed by atoms with Gasteiger partial charge in [0, 0.05) is 28.5 Å². The van der Waals surface area contributed by atoms with Crippen LogP contribution >= 0.6 is 27.3 Å². The summed E-state index contributed by atoms with van der Waals surface area (Å²) in [5.74, 6) is 0.927. The number of thiophene rings is 1. The quantitative estimate of drug-likeness (QED) is 0.870. The number of hydrogen-bond donors (Lipinski definition) is 2. The molecule has 1 aromatic rings. The first kappa shape index (κ1) is 13.5. The summed E-state index contributed by atoms with van der Waals surface area (Å²) in [5.41, 5.74) is 0. The van der Waals surface area contributed by atoms with Crippen molar-refractivity contribution < 1.29 is 0 Å². The predicted molar refractivity (Wildman–Crippen MR) is 78.5 cm³/mol. The van der Waals surface area contributed by atoms with Crippen molar-refractivity contribution in [2.45, 2.75) is 38.8 Å². The molecule has 1 aliphatic heterocycles. The first-order valence-electron chi connectivity index (χ1n) is 6.45. The van der Waals surface area contributed by atoms with E-state index in [0.29, 0.717) is 6.04 Å². The summed E-state index contributed by atoms with van der Waals surface area (Å²) in [4.78, 5) is 1.40. The van der Waals surface area contributed by atoms with Gasteiger partial charge in [0.15, 0.2) is 0 Å². The maximum atomic E-state index is 3.61. The first-order chi connectivity index (χ1) is 8.29. The van der Waals surface area contributed by atoms with Crippen molar-refractivity contribution >= 4 is 27.3 Å². The second-order valence-corrected chi connectivity index (χ2v) is 6.63. The molecule has 96 valence electrons. The Morgan fingerprint density at radius 2 is 2.47 bits per heavy atom. The molecule has 0 bridgehead atoms. The molecule has 0 aromatic carbocycles. The molecule has 1 aromatic heterocycles. The first-order valence-corrected chi connectivity index (χ1v) is 8.12. The monoisotopic (exact) mass is 316 g/mol. The molecule has 0 radical (unpaired) electrons. The van der Waals surface area contributed by atoms with Crippen molar-refractivity contribution in [3.8, 4) is 0 Å². The molecule has 0 saturated carbocycles. The third-order valence-electron chi connectivity index (χ3n) is 3.55. The van der Waals surface area contributed by atoms with E-state index < -0.39 is 0 Å². The zero-order valence-corrected chi connectivity index (χ0v) is 12.7. The molecule has 2 nitrogen and oxygen atoms in total. The summed E-state index contributed by atoms with van der Waals surface area (Å²) < 4.78 is 1.23. The molecule has 2 atom stereocenters. The normalized spacial score (nSPS) is 25.1. The number of hydrogen-bond acceptors (Lipinski definition) is 3. The molecule has 0 spiro atoms. The fraction of sp³-hybridized carbons (Fsp3) is 0.692. The van der Waals surface area contributed by atoms with Crippen molar-refractivity contribution in [2.24, 2.45) is 5.92 Å². The Balaban J connectivity index is 1.70. The summed E-state index contributed by atoms with van der Waals surface area (Å²) in [6.45, 7) is 5.56. The van der Waals surface area contributed by atoms with Crippen LogP contribution in [-0.4, -0.2) is 19.1 Å². The molecule has 2 unspecified atom stereocenters. The van der Waals surface area contributed by atoms with Gasteiger partial charge in [0.05, 0.1) is 0 Å². The van der Waals surface area contributed by atoms with Crippen LogP contribution in [0, 0.1) is 5.92 Å². The molecule has 2 heterocycles. The average molecular weight is 317 g/mol. The highest BCUT2D eigenvalue weighted by Gasteiger charge is 2.19. The van der Waals surface area contributed by atoms with Crippen molar-refractivity contribution in [1.29, 1.82) is 0 Å². The third-order valence-corrected chi connectivity index (χ3v) is 5.47. The molecular weight excluding hydrogens is 296 g/mol. The lowest BCUT2D eigenvalue weighted by Gasteiger charge is -2.29. The molecule has 0 amide bonds. The smallest absolute Gasteiger partial charge is 0.0327 e. The lowest BCUT2D eigenvalue weighted by atomic mass is 9.90. The molecule has 1 fully saturated rings. The summed E-state index contributed by atoms with van der Waals surface area (Å²) in [7, 11) is 0. The van der Waals surface area contributed by atoms with Gasteiger partial charge in [-0.2, -0.15) is 0 Å². The standard InChI is InChI=1S/C13H21BrN2S/c1-2-10-3-5-16-11(7-10)8-15-9-13-12(14)4-6-17-13/h4,6,10-11,15-16H,2-3,5,7-9H2,1H3. The van der Waals surface area contributed by atoms with E-state index in [1.165, 1.54) is 35.2 Å². The third kappa shape index (κ3) is 4.05. The second-order valence-electron chi connectivity index (χ2n) is 4.77. The van der Waals surface area contributed by atoms with E-state index in [1.54, 1.807) is 0 Å². The molecule has 0 aliphatic carbocycles. The van der Waals surface area contributed by atoms with E-state index >= 15 is 0 Å². The number of halogens is 1. The number of piperidine rings is 1. The van der Waals surface area contributed by atoms with Crippen LogP contribution in [-0.2, 0) is 6.54 Å². The second kappa shape index (κ2) is 6.88. The Morgan fingerprint density at radius 1 is 1.59 bits per heavy atom. The molecule has 1 saturated heterocycles.